The molecule has 0 spiro atoms. The second-order valence-electron chi connectivity index (χ2n) is 4.51. The standard InChI is InChI=1S/C15H21N3/c1-3-10-18-11-9-17-15(18)14(16)13-8-6-5-7-12(13)4-2/h5-9,11,14H,3-4,10,16H2,1-2H3. The van der Waals surface area contributed by atoms with Gasteiger partial charge in [-0.15, -0.1) is 0 Å². The lowest BCUT2D eigenvalue weighted by Crippen LogP contribution is -2.19. The summed E-state index contributed by atoms with van der Waals surface area (Å²) in [4.78, 5) is 4.42. The highest BCUT2D eigenvalue weighted by molar-refractivity contribution is 5.33. The van der Waals surface area contributed by atoms with E-state index in [4.69, 9.17) is 5.73 Å². The zero-order valence-electron chi connectivity index (χ0n) is 11.1. The van der Waals surface area contributed by atoms with Gasteiger partial charge in [-0.25, -0.2) is 4.98 Å². The van der Waals surface area contributed by atoms with Gasteiger partial charge >= 0.3 is 0 Å². The topological polar surface area (TPSA) is 43.8 Å². The van der Waals surface area contributed by atoms with Crippen LogP contribution in [-0.2, 0) is 13.0 Å². The van der Waals surface area contributed by atoms with E-state index < -0.39 is 0 Å². The Labute approximate surface area is 109 Å². The molecule has 96 valence electrons. The van der Waals surface area contributed by atoms with Crippen LogP contribution in [0, 0.1) is 0 Å². The first kappa shape index (κ1) is 12.8. The minimum Gasteiger partial charge on any atom is -0.333 e. The molecule has 0 aliphatic heterocycles. The lowest BCUT2D eigenvalue weighted by atomic mass is 9.98. The highest BCUT2D eigenvalue weighted by Crippen LogP contribution is 2.22. The summed E-state index contributed by atoms with van der Waals surface area (Å²) in [6.45, 7) is 5.29. The van der Waals surface area contributed by atoms with Crippen molar-refractivity contribution in [3.63, 3.8) is 0 Å². The van der Waals surface area contributed by atoms with Gasteiger partial charge in [0, 0.05) is 18.9 Å². The molecule has 2 N–H and O–H groups in total. The van der Waals surface area contributed by atoms with Crippen molar-refractivity contribution in [3.05, 3.63) is 53.6 Å². The van der Waals surface area contributed by atoms with Crippen molar-refractivity contribution in [1.29, 1.82) is 0 Å². The van der Waals surface area contributed by atoms with Gasteiger partial charge in [-0.2, -0.15) is 0 Å². The van der Waals surface area contributed by atoms with Gasteiger partial charge < -0.3 is 10.3 Å². The molecule has 0 aliphatic rings. The molecule has 18 heavy (non-hydrogen) atoms. The number of hydrogen-bond acceptors (Lipinski definition) is 2. The Hall–Kier alpha value is -1.61. The summed E-state index contributed by atoms with van der Waals surface area (Å²) in [6.07, 6.45) is 5.93. The second-order valence-corrected chi connectivity index (χ2v) is 4.51. The van der Waals surface area contributed by atoms with Crippen molar-refractivity contribution in [1.82, 2.24) is 9.55 Å². The molecular formula is C15H21N3. The molecule has 0 amide bonds. The van der Waals surface area contributed by atoms with Crippen LogP contribution in [0.1, 0.15) is 43.3 Å². The van der Waals surface area contributed by atoms with Crippen LogP contribution in [0.25, 0.3) is 0 Å². The number of nitrogens with zero attached hydrogens (tertiary/aromatic N) is 2. The van der Waals surface area contributed by atoms with Gasteiger partial charge in [-0.05, 0) is 24.0 Å². The number of hydrogen-bond donors (Lipinski definition) is 1. The van der Waals surface area contributed by atoms with E-state index in [-0.39, 0.29) is 6.04 Å². The fourth-order valence-corrected chi connectivity index (χ4v) is 2.33. The van der Waals surface area contributed by atoms with Crippen LogP contribution < -0.4 is 5.73 Å². The number of aryl methyl sites for hydroxylation is 2. The highest BCUT2D eigenvalue weighted by atomic mass is 15.1. The van der Waals surface area contributed by atoms with E-state index in [1.807, 2.05) is 18.5 Å². The molecule has 0 saturated carbocycles. The zero-order valence-corrected chi connectivity index (χ0v) is 11.1. The van der Waals surface area contributed by atoms with E-state index in [2.05, 4.69) is 41.6 Å². The van der Waals surface area contributed by atoms with Crippen molar-refractivity contribution in [2.45, 2.75) is 39.3 Å². The molecule has 1 aromatic carbocycles. The average Bonchev–Trinajstić information content (AvgIpc) is 2.86. The molecule has 1 aromatic heterocycles. The van der Waals surface area contributed by atoms with Crippen LogP contribution in [0.3, 0.4) is 0 Å². The van der Waals surface area contributed by atoms with Gasteiger partial charge in [-0.3, -0.25) is 0 Å². The van der Waals surface area contributed by atoms with E-state index in [1.165, 1.54) is 11.1 Å². The van der Waals surface area contributed by atoms with Crippen molar-refractivity contribution in [2.75, 3.05) is 0 Å². The van der Waals surface area contributed by atoms with Crippen LogP contribution in [0.4, 0.5) is 0 Å². The molecule has 0 bridgehead atoms. The van der Waals surface area contributed by atoms with Crippen molar-refractivity contribution < 1.29 is 0 Å². The Balaban J connectivity index is 2.35. The second kappa shape index (κ2) is 5.83. The van der Waals surface area contributed by atoms with Gasteiger partial charge in [0.05, 0.1) is 6.04 Å². The summed E-state index contributed by atoms with van der Waals surface area (Å²) < 4.78 is 2.15. The molecule has 0 fully saturated rings. The maximum Gasteiger partial charge on any atom is 0.130 e. The van der Waals surface area contributed by atoms with Gasteiger partial charge in [0.2, 0.25) is 0 Å². The Morgan fingerprint density at radius 3 is 2.78 bits per heavy atom. The molecule has 0 aliphatic carbocycles. The van der Waals surface area contributed by atoms with Crippen molar-refractivity contribution in [2.24, 2.45) is 5.73 Å². The Morgan fingerprint density at radius 1 is 1.28 bits per heavy atom. The third kappa shape index (κ3) is 2.46. The number of aromatic nitrogens is 2. The van der Waals surface area contributed by atoms with E-state index in [1.54, 1.807) is 0 Å². The average molecular weight is 243 g/mol. The van der Waals surface area contributed by atoms with Gasteiger partial charge in [-0.1, -0.05) is 38.1 Å². The summed E-state index contributed by atoms with van der Waals surface area (Å²) in [7, 11) is 0. The van der Waals surface area contributed by atoms with Crippen LogP contribution in [-0.4, -0.2) is 9.55 Å². The fraction of sp³-hybridized carbons (Fsp3) is 0.400. The van der Waals surface area contributed by atoms with E-state index >= 15 is 0 Å². The molecule has 2 aromatic rings. The van der Waals surface area contributed by atoms with Gasteiger partial charge in [0.15, 0.2) is 0 Å². The van der Waals surface area contributed by atoms with Crippen LogP contribution in [0.5, 0.6) is 0 Å². The largest absolute Gasteiger partial charge is 0.333 e. The predicted octanol–water partition coefficient (Wildman–Crippen LogP) is 2.90. The Morgan fingerprint density at radius 2 is 2.06 bits per heavy atom. The first-order valence-corrected chi connectivity index (χ1v) is 6.62. The van der Waals surface area contributed by atoms with Gasteiger partial charge in [0.1, 0.15) is 5.82 Å². The van der Waals surface area contributed by atoms with Crippen LogP contribution in [0.15, 0.2) is 36.7 Å². The maximum atomic E-state index is 6.38. The summed E-state index contributed by atoms with van der Waals surface area (Å²) in [6, 6.07) is 8.22. The summed E-state index contributed by atoms with van der Waals surface area (Å²) >= 11 is 0. The number of rotatable bonds is 5. The fourth-order valence-electron chi connectivity index (χ4n) is 2.33. The highest BCUT2D eigenvalue weighted by Gasteiger charge is 2.16. The van der Waals surface area contributed by atoms with Crippen LogP contribution >= 0.6 is 0 Å². The molecule has 2 rings (SSSR count). The third-order valence-electron chi connectivity index (χ3n) is 3.26. The zero-order chi connectivity index (χ0) is 13.0. The Kier molecular flexibility index (Phi) is 4.15. The molecule has 3 heteroatoms. The number of imidazole rings is 1. The predicted molar refractivity (Wildman–Crippen MR) is 74.4 cm³/mol. The minimum absolute atomic E-state index is 0.136. The van der Waals surface area contributed by atoms with Crippen LogP contribution in [0.2, 0.25) is 0 Å². The molecule has 1 heterocycles. The lowest BCUT2D eigenvalue weighted by Gasteiger charge is -2.17. The maximum absolute atomic E-state index is 6.38. The number of nitrogens with two attached hydrogens (primary N) is 1. The van der Waals surface area contributed by atoms with E-state index in [0.29, 0.717) is 0 Å². The quantitative estimate of drug-likeness (QED) is 0.877. The van der Waals surface area contributed by atoms with Crippen molar-refractivity contribution in [3.8, 4) is 0 Å². The summed E-state index contributed by atoms with van der Waals surface area (Å²) in [5.41, 5.74) is 8.87. The van der Waals surface area contributed by atoms with Crippen molar-refractivity contribution >= 4 is 0 Å². The molecule has 1 unspecified atom stereocenters. The van der Waals surface area contributed by atoms with Gasteiger partial charge in [0.25, 0.3) is 0 Å². The molecule has 1 atom stereocenters. The first-order chi connectivity index (χ1) is 8.77. The minimum atomic E-state index is -0.136. The number of benzene rings is 1. The third-order valence-corrected chi connectivity index (χ3v) is 3.26. The molecule has 0 saturated heterocycles. The smallest absolute Gasteiger partial charge is 0.130 e. The van der Waals surface area contributed by atoms with E-state index in [9.17, 15) is 0 Å². The first-order valence-electron chi connectivity index (χ1n) is 6.62. The SMILES string of the molecule is CCCn1ccnc1C(N)c1ccccc1CC. The normalized spacial score (nSPS) is 12.6. The molecule has 0 radical (unpaired) electrons. The molecule has 3 nitrogen and oxygen atoms in total. The van der Waals surface area contributed by atoms with E-state index in [0.717, 1.165) is 25.2 Å². The monoisotopic (exact) mass is 243 g/mol. The summed E-state index contributed by atoms with van der Waals surface area (Å²) in [5.74, 6) is 0.956. The molecular weight excluding hydrogens is 222 g/mol. The Bertz CT molecular complexity index is 502. The summed E-state index contributed by atoms with van der Waals surface area (Å²) in [5, 5.41) is 0. The lowest BCUT2D eigenvalue weighted by molar-refractivity contribution is 0.611.